The van der Waals surface area contributed by atoms with Gasteiger partial charge >= 0.3 is 0 Å². The zero-order valence-corrected chi connectivity index (χ0v) is 10.6. The molecule has 1 saturated heterocycles. The fraction of sp³-hybridized carbons (Fsp3) is 1.00. The topological polar surface area (TPSA) is 9.23 Å². The van der Waals surface area contributed by atoms with Crippen molar-refractivity contribution in [2.75, 3.05) is 38.0 Å². The summed E-state index contributed by atoms with van der Waals surface area (Å²) in [7, 11) is 0. The van der Waals surface area contributed by atoms with Crippen molar-refractivity contribution in [1.82, 2.24) is 0 Å². The lowest BCUT2D eigenvalue weighted by molar-refractivity contribution is -1.09. The van der Waals surface area contributed by atoms with Crippen molar-refractivity contribution in [2.45, 2.75) is 6.42 Å². The standard InChI is InChI=1S/C7H14Cl2NO.HI/c8-2-5-10(6-3-9)4-1-7-11-10;/h1-7H2;1H/q+1;/p-1. The van der Waals surface area contributed by atoms with Crippen molar-refractivity contribution in [3.8, 4) is 0 Å². The predicted molar refractivity (Wildman–Crippen MR) is 46.9 cm³/mol. The molecule has 1 fully saturated rings. The summed E-state index contributed by atoms with van der Waals surface area (Å²) in [5, 5.41) is 0. The van der Waals surface area contributed by atoms with Gasteiger partial charge in [-0.15, -0.1) is 23.2 Å². The molecule has 0 aromatic rings. The normalized spacial score (nSPS) is 20.5. The number of halogens is 3. The Morgan fingerprint density at radius 2 is 1.75 bits per heavy atom. The highest BCUT2D eigenvalue weighted by molar-refractivity contribution is 6.18. The highest BCUT2D eigenvalue weighted by atomic mass is 127. The summed E-state index contributed by atoms with van der Waals surface area (Å²) in [4.78, 5) is 5.59. The maximum Gasteiger partial charge on any atom is 0.123 e. The Balaban J connectivity index is 0.00000121. The molecule has 1 aliphatic heterocycles. The average molecular weight is 326 g/mol. The zero-order chi connectivity index (χ0) is 8.16. The molecule has 0 bridgehead atoms. The minimum absolute atomic E-state index is 0. The first-order valence-electron chi connectivity index (χ1n) is 3.95. The molecule has 0 unspecified atom stereocenters. The number of hydroxylamine groups is 3. The Bertz CT molecular complexity index is 112. The summed E-state index contributed by atoms with van der Waals surface area (Å²) in [6.07, 6.45) is 1.13. The van der Waals surface area contributed by atoms with E-state index in [2.05, 4.69) is 0 Å². The first-order valence-corrected chi connectivity index (χ1v) is 5.02. The Labute approximate surface area is 101 Å². The van der Waals surface area contributed by atoms with Crippen molar-refractivity contribution in [3.05, 3.63) is 0 Å². The van der Waals surface area contributed by atoms with Crippen LogP contribution in [-0.4, -0.2) is 42.6 Å². The molecule has 0 N–H and O–H groups in total. The van der Waals surface area contributed by atoms with Crippen LogP contribution < -0.4 is 24.0 Å². The van der Waals surface area contributed by atoms with E-state index in [1.165, 1.54) is 0 Å². The van der Waals surface area contributed by atoms with Gasteiger partial charge in [-0.05, 0) is 0 Å². The van der Waals surface area contributed by atoms with Crippen molar-refractivity contribution >= 4 is 23.2 Å². The van der Waals surface area contributed by atoms with Crippen LogP contribution in [-0.2, 0) is 4.84 Å². The van der Waals surface area contributed by atoms with Gasteiger partial charge < -0.3 is 24.0 Å². The second-order valence-corrected chi connectivity index (χ2v) is 3.55. The molecule has 1 heterocycles. The van der Waals surface area contributed by atoms with E-state index in [-0.39, 0.29) is 24.0 Å². The number of rotatable bonds is 4. The van der Waals surface area contributed by atoms with Gasteiger partial charge in [0.05, 0.1) is 11.8 Å². The summed E-state index contributed by atoms with van der Waals surface area (Å²) >= 11 is 11.3. The lowest BCUT2D eigenvalue weighted by atomic mass is 10.4. The van der Waals surface area contributed by atoms with Crippen molar-refractivity contribution < 1.29 is 33.5 Å². The molecular formula is C7H14Cl2INO. The van der Waals surface area contributed by atoms with Crippen LogP contribution in [0.3, 0.4) is 0 Å². The molecule has 1 aliphatic rings. The second kappa shape index (κ2) is 6.65. The highest BCUT2D eigenvalue weighted by Gasteiger charge is 2.33. The summed E-state index contributed by atoms with van der Waals surface area (Å²) < 4.78 is 0.674. The second-order valence-electron chi connectivity index (χ2n) is 2.79. The van der Waals surface area contributed by atoms with Gasteiger partial charge in [0.1, 0.15) is 26.2 Å². The van der Waals surface area contributed by atoms with Crippen LogP contribution in [0.1, 0.15) is 6.42 Å². The molecule has 2 nitrogen and oxygen atoms in total. The van der Waals surface area contributed by atoms with Gasteiger partial charge in [-0.1, -0.05) is 0 Å². The van der Waals surface area contributed by atoms with E-state index in [0.717, 1.165) is 32.7 Å². The van der Waals surface area contributed by atoms with Gasteiger partial charge in [0.25, 0.3) is 0 Å². The largest absolute Gasteiger partial charge is 1.00 e. The quantitative estimate of drug-likeness (QED) is 0.352. The van der Waals surface area contributed by atoms with Gasteiger partial charge in [0, 0.05) is 6.42 Å². The summed E-state index contributed by atoms with van der Waals surface area (Å²) in [5.41, 5.74) is 0. The molecule has 0 aliphatic carbocycles. The molecule has 1 rings (SSSR count). The van der Waals surface area contributed by atoms with Gasteiger partial charge in [-0.3, -0.25) is 0 Å². The fourth-order valence-corrected chi connectivity index (χ4v) is 2.06. The van der Waals surface area contributed by atoms with E-state index in [9.17, 15) is 0 Å². The van der Waals surface area contributed by atoms with Crippen LogP contribution in [0.2, 0.25) is 0 Å². The van der Waals surface area contributed by atoms with Crippen LogP contribution in [0.25, 0.3) is 0 Å². The lowest BCUT2D eigenvalue weighted by Crippen LogP contribution is -3.00. The average Bonchev–Trinajstić information content (AvgIpc) is 2.39. The molecule has 0 aromatic carbocycles. The molecule has 0 amide bonds. The van der Waals surface area contributed by atoms with Crippen molar-refractivity contribution in [2.24, 2.45) is 0 Å². The molecule has 0 aromatic heterocycles. The Morgan fingerprint density at radius 3 is 2.08 bits per heavy atom. The Kier molecular flexibility index (Phi) is 7.33. The SMILES string of the molecule is ClCC[N+]1(CCCl)CCCO1.[I-]. The minimum atomic E-state index is 0. The zero-order valence-electron chi connectivity index (χ0n) is 6.94. The van der Waals surface area contributed by atoms with E-state index in [1.807, 2.05) is 0 Å². The minimum Gasteiger partial charge on any atom is -1.00 e. The molecular weight excluding hydrogens is 312 g/mol. The fourth-order valence-electron chi connectivity index (χ4n) is 1.45. The first kappa shape index (κ1) is 13.2. The highest BCUT2D eigenvalue weighted by Crippen LogP contribution is 2.17. The Hall–Kier alpha value is 1.23. The van der Waals surface area contributed by atoms with Crippen LogP contribution in [0.5, 0.6) is 0 Å². The van der Waals surface area contributed by atoms with E-state index in [1.54, 1.807) is 0 Å². The van der Waals surface area contributed by atoms with Gasteiger partial charge in [0.2, 0.25) is 0 Å². The van der Waals surface area contributed by atoms with Crippen LogP contribution in [0, 0.1) is 0 Å². The number of quaternary nitrogens is 1. The monoisotopic (exact) mass is 325 g/mol. The first-order chi connectivity index (χ1) is 5.33. The molecule has 0 radical (unpaired) electrons. The predicted octanol–water partition coefficient (Wildman–Crippen LogP) is -1.38. The van der Waals surface area contributed by atoms with Gasteiger partial charge in [-0.2, -0.15) is 4.65 Å². The molecule has 5 heteroatoms. The third-order valence-corrected chi connectivity index (χ3v) is 2.40. The molecule has 12 heavy (non-hydrogen) atoms. The molecule has 0 spiro atoms. The maximum atomic E-state index is 5.67. The smallest absolute Gasteiger partial charge is 0.123 e. The van der Waals surface area contributed by atoms with E-state index in [4.69, 9.17) is 28.0 Å². The summed E-state index contributed by atoms with van der Waals surface area (Å²) in [6.45, 7) is 3.69. The number of alkyl halides is 2. The molecule has 0 saturated carbocycles. The van der Waals surface area contributed by atoms with Crippen molar-refractivity contribution in [3.63, 3.8) is 0 Å². The van der Waals surface area contributed by atoms with E-state index in [0.29, 0.717) is 16.4 Å². The third kappa shape index (κ3) is 3.54. The van der Waals surface area contributed by atoms with Crippen LogP contribution >= 0.6 is 23.2 Å². The number of hydrogen-bond acceptors (Lipinski definition) is 1. The van der Waals surface area contributed by atoms with Crippen molar-refractivity contribution in [1.29, 1.82) is 0 Å². The summed E-state index contributed by atoms with van der Waals surface area (Å²) in [5.74, 6) is 1.30. The molecule has 74 valence electrons. The lowest BCUT2D eigenvalue weighted by Gasteiger charge is -2.28. The van der Waals surface area contributed by atoms with Crippen LogP contribution in [0.15, 0.2) is 0 Å². The Morgan fingerprint density at radius 1 is 1.17 bits per heavy atom. The maximum absolute atomic E-state index is 5.67. The van der Waals surface area contributed by atoms with Gasteiger partial charge in [-0.25, -0.2) is 4.84 Å². The van der Waals surface area contributed by atoms with Crippen LogP contribution in [0.4, 0.5) is 0 Å². The number of hydrogen-bond donors (Lipinski definition) is 0. The van der Waals surface area contributed by atoms with E-state index < -0.39 is 0 Å². The van der Waals surface area contributed by atoms with Gasteiger partial charge in [0.15, 0.2) is 0 Å². The third-order valence-electron chi connectivity index (χ3n) is 2.06. The molecule has 0 atom stereocenters. The summed E-state index contributed by atoms with van der Waals surface area (Å²) in [6, 6.07) is 0. The number of nitrogens with zero attached hydrogens (tertiary/aromatic N) is 1. The van der Waals surface area contributed by atoms with E-state index >= 15 is 0 Å².